The molecule has 0 saturated carbocycles. The van der Waals surface area contributed by atoms with Crippen molar-refractivity contribution in [3.63, 3.8) is 0 Å². The second-order valence-electron chi connectivity index (χ2n) is 2.89. The molecule has 2 heteroatoms. The van der Waals surface area contributed by atoms with Crippen molar-refractivity contribution in [1.29, 1.82) is 0 Å². The number of benzene rings is 1. The summed E-state index contributed by atoms with van der Waals surface area (Å²) >= 11 is 0. The second-order valence-corrected chi connectivity index (χ2v) is 2.89. The van der Waals surface area contributed by atoms with Crippen molar-refractivity contribution in [1.82, 2.24) is 0 Å². The van der Waals surface area contributed by atoms with Crippen LogP contribution in [0.3, 0.4) is 0 Å². The summed E-state index contributed by atoms with van der Waals surface area (Å²) < 4.78 is 0. The fraction of sp³-hybridized carbons (Fsp3) is 0.333. The highest BCUT2D eigenvalue weighted by Crippen LogP contribution is 2.13. The van der Waals surface area contributed by atoms with E-state index in [1.165, 1.54) is 5.56 Å². The maximum Gasteiger partial charge on any atom is 0.0787 e. The molecule has 0 heterocycles. The number of hydrogen-bond acceptors (Lipinski definition) is 2. The molecule has 4 N–H and O–H groups in total. The van der Waals surface area contributed by atoms with Crippen molar-refractivity contribution in [2.24, 2.45) is 11.5 Å². The van der Waals surface area contributed by atoms with Gasteiger partial charge in [-0.1, -0.05) is 23.8 Å². The van der Waals surface area contributed by atoms with Gasteiger partial charge >= 0.3 is 0 Å². The minimum absolute atomic E-state index is 0.352. The van der Waals surface area contributed by atoms with Gasteiger partial charge in [0.1, 0.15) is 0 Å². The van der Waals surface area contributed by atoms with Crippen molar-refractivity contribution in [2.75, 3.05) is 0 Å². The molecule has 0 spiro atoms. The normalized spacial score (nSPS) is 10.6. The summed E-state index contributed by atoms with van der Waals surface area (Å²) in [5.41, 5.74) is 14.5. The molecular formula is C9H14N2. The van der Waals surface area contributed by atoms with Gasteiger partial charge < -0.3 is 11.5 Å². The topological polar surface area (TPSA) is 52.0 Å². The summed E-state index contributed by atoms with van der Waals surface area (Å²) in [5, 5.41) is 0. The van der Waals surface area contributed by atoms with Crippen molar-refractivity contribution in [2.45, 2.75) is 20.0 Å². The standard InChI is InChI=1S/C9H14N2/c1-6-3-4-7(2)8(5-6)9(10)11/h3-5,9H,10-11H2,1-2H3. The zero-order valence-electron chi connectivity index (χ0n) is 6.96. The molecule has 60 valence electrons. The van der Waals surface area contributed by atoms with Crippen molar-refractivity contribution in [3.8, 4) is 0 Å². The van der Waals surface area contributed by atoms with Gasteiger partial charge in [-0.3, -0.25) is 0 Å². The summed E-state index contributed by atoms with van der Waals surface area (Å²) in [7, 11) is 0. The van der Waals surface area contributed by atoms with Gasteiger partial charge in [0.05, 0.1) is 6.17 Å². The van der Waals surface area contributed by atoms with Crippen LogP contribution in [0, 0.1) is 13.8 Å². The van der Waals surface area contributed by atoms with Crippen molar-refractivity contribution >= 4 is 0 Å². The highest BCUT2D eigenvalue weighted by atomic mass is 14.8. The van der Waals surface area contributed by atoms with E-state index in [9.17, 15) is 0 Å². The summed E-state index contributed by atoms with van der Waals surface area (Å²) in [6.45, 7) is 4.05. The molecule has 0 atom stereocenters. The third kappa shape index (κ3) is 1.79. The Hall–Kier alpha value is -0.860. The van der Waals surface area contributed by atoms with Gasteiger partial charge in [0.15, 0.2) is 0 Å². The van der Waals surface area contributed by atoms with Gasteiger partial charge in [0.25, 0.3) is 0 Å². The Kier molecular flexibility index (Phi) is 2.27. The van der Waals surface area contributed by atoms with Crippen molar-refractivity contribution < 1.29 is 0 Å². The summed E-state index contributed by atoms with van der Waals surface area (Å²) in [4.78, 5) is 0. The smallest absolute Gasteiger partial charge is 0.0787 e. The molecular weight excluding hydrogens is 136 g/mol. The third-order valence-corrected chi connectivity index (χ3v) is 1.79. The monoisotopic (exact) mass is 150 g/mol. The molecule has 0 fully saturated rings. The average Bonchev–Trinajstić information content (AvgIpc) is 1.94. The molecule has 0 aliphatic carbocycles. The first kappa shape index (κ1) is 8.24. The number of hydrogen-bond donors (Lipinski definition) is 2. The molecule has 0 amide bonds. The quantitative estimate of drug-likeness (QED) is 0.591. The Morgan fingerprint density at radius 3 is 2.27 bits per heavy atom. The van der Waals surface area contributed by atoms with Crippen LogP contribution in [0.25, 0.3) is 0 Å². The molecule has 2 nitrogen and oxygen atoms in total. The van der Waals surface area contributed by atoms with Crippen molar-refractivity contribution in [3.05, 3.63) is 34.9 Å². The molecule has 0 aliphatic rings. The molecule has 11 heavy (non-hydrogen) atoms. The second kappa shape index (κ2) is 3.03. The molecule has 0 saturated heterocycles. The highest BCUT2D eigenvalue weighted by molar-refractivity contribution is 5.32. The number of rotatable bonds is 1. The van der Waals surface area contributed by atoms with Crippen LogP contribution in [0.1, 0.15) is 22.9 Å². The van der Waals surface area contributed by atoms with Crippen LogP contribution >= 0.6 is 0 Å². The van der Waals surface area contributed by atoms with Gasteiger partial charge in [0.2, 0.25) is 0 Å². The van der Waals surface area contributed by atoms with E-state index < -0.39 is 0 Å². The van der Waals surface area contributed by atoms with E-state index >= 15 is 0 Å². The molecule has 0 radical (unpaired) electrons. The predicted octanol–water partition coefficient (Wildman–Crippen LogP) is 1.22. The van der Waals surface area contributed by atoms with Crippen LogP contribution < -0.4 is 11.5 Å². The van der Waals surface area contributed by atoms with Crippen LogP contribution in [0.2, 0.25) is 0 Å². The SMILES string of the molecule is Cc1ccc(C)c(C(N)N)c1. The Bertz CT molecular complexity index is 254. The van der Waals surface area contributed by atoms with E-state index in [4.69, 9.17) is 11.5 Å². The van der Waals surface area contributed by atoms with E-state index in [1.807, 2.05) is 26.0 Å². The Morgan fingerprint density at radius 1 is 1.18 bits per heavy atom. The molecule has 0 unspecified atom stereocenters. The molecule has 1 aromatic carbocycles. The minimum Gasteiger partial charge on any atom is -0.312 e. The van der Waals surface area contributed by atoms with E-state index in [0.717, 1.165) is 11.1 Å². The summed E-state index contributed by atoms with van der Waals surface area (Å²) in [6, 6.07) is 6.12. The van der Waals surface area contributed by atoms with Gasteiger partial charge in [-0.25, -0.2) is 0 Å². The molecule has 0 aliphatic heterocycles. The van der Waals surface area contributed by atoms with Gasteiger partial charge in [-0.2, -0.15) is 0 Å². The van der Waals surface area contributed by atoms with Crippen LogP contribution in [0.4, 0.5) is 0 Å². The summed E-state index contributed by atoms with van der Waals surface area (Å²) in [5.74, 6) is 0. The lowest BCUT2D eigenvalue weighted by Crippen LogP contribution is -2.21. The molecule has 0 bridgehead atoms. The minimum atomic E-state index is -0.352. The maximum absolute atomic E-state index is 5.56. The highest BCUT2D eigenvalue weighted by Gasteiger charge is 2.02. The van der Waals surface area contributed by atoms with Gasteiger partial charge in [0, 0.05) is 0 Å². The maximum atomic E-state index is 5.56. The van der Waals surface area contributed by atoms with Gasteiger partial charge in [-0.15, -0.1) is 0 Å². The fourth-order valence-electron chi connectivity index (χ4n) is 1.12. The zero-order chi connectivity index (χ0) is 8.43. The van der Waals surface area contributed by atoms with Crippen LogP contribution in [-0.2, 0) is 0 Å². The average molecular weight is 150 g/mol. The number of aryl methyl sites for hydroxylation is 2. The molecule has 1 aromatic rings. The summed E-state index contributed by atoms with van der Waals surface area (Å²) in [6.07, 6.45) is -0.352. The van der Waals surface area contributed by atoms with E-state index in [-0.39, 0.29) is 6.17 Å². The van der Waals surface area contributed by atoms with Crippen LogP contribution in [-0.4, -0.2) is 0 Å². The largest absolute Gasteiger partial charge is 0.312 e. The predicted molar refractivity (Wildman–Crippen MR) is 47.0 cm³/mol. The van der Waals surface area contributed by atoms with Gasteiger partial charge in [-0.05, 0) is 25.0 Å². The van der Waals surface area contributed by atoms with Crippen LogP contribution in [0.15, 0.2) is 18.2 Å². The lowest BCUT2D eigenvalue weighted by atomic mass is 10.0. The lowest BCUT2D eigenvalue weighted by molar-refractivity contribution is 0.766. The Morgan fingerprint density at radius 2 is 1.82 bits per heavy atom. The van der Waals surface area contributed by atoms with E-state index in [2.05, 4.69) is 6.07 Å². The molecule has 1 rings (SSSR count). The zero-order valence-corrected chi connectivity index (χ0v) is 6.96. The first-order valence-corrected chi connectivity index (χ1v) is 3.69. The lowest BCUT2D eigenvalue weighted by Gasteiger charge is -2.09. The molecule has 0 aromatic heterocycles. The third-order valence-electron chi connectivity index (χ3n) is 1.79. The Labute approximate surface area is 67.2 Å². The first-order valence-electron chi connectivity index (χ1n) is 3.69. The fourth-order valence-corrected chi connectivity index (χ4v) is 1.12. The Balaban J connectivity index is 3.13. The van der Waals surface area contributed by atoms with E-state index in [1.54, 1.807) is 0 Å². The number of nitrogens with two attached hydrogens (primary N) is 2. The van der Waals surface area contributed by atoms with E-state index in [0.29, 0.717) is 0 Å². The first-order chi connectivity index (χ1) is 5.11. The van der Waals surface area contributed by atoms with Crippen LogP contribution in [0.5, 0.6) is 0 Å².